The zero-order chi connectivity index (χ0) is 39.4. The van der Waals surface area contributed by atoms with Crippen LogP contribution in [0.25, 0.3) is 0 Å². The minimum Gasteiger partial charge on any atom is -0.432 e. The highest BCUT2D eigenvalue weighted by Crippen LogP contribution is 2.60. The van der Waals surface area contributed by atoms with Crippen molar-refractivity contribution in [3.05, 3.63) is 141 Å². The SMILES string of the molecule is C[C@H]1[C@H]([Si](C)(C)O)[C@@H](CCn2cc(C(CO)c3ccccc3)nn2)O[C@]12C(=O)N(Cc1ccc(N3C(=O)CCc4ccccc43)cc1)c1ccc([N+](=O)[O-])cc12. The number of para-hydroxylation sites is 1. The van der Waals surface area contributed by atoms with Gasteiger partial charge in [-0.05, 0) is 66.9 Å². The Balaban J connectivity index is 1.09. The third-order valence-electron chi connectivity index (χ3n) is 11.7. The number of rotatable bonds is 11. The maximum absolute atomic E-state index is 15.0. The standard InChI is InChI=1S/C42H44N6O7Si/c1-27-40(56(2,3)54)38(21-22-45-25-35(43-44-45)33(26-49)29-9-5-4-6-10-29)55-42(27)34-23-32(48(52)53)18-19-37(34)46(41(42)51)24-28-13-16-31(17-14-28)47-36-12-8-7-11-30(36)15-20-39(47)50/h4-14,16-19,23,25,27,33,38,40,49,54H,15,20-22,24,26H2,1-3H3/t27-,33?,38+,40-,42+/m0/s1. The van der Waals surface area contributed by atoms with Crippen molar-refractivity contribution >= 4 is 42.9 Å². The van der Waals surface area contributed by atoms with E-state index >= 15 is 0 Å². The molecule has 4 aromatic carbocycles. The van der Waals surface area contributed by atoms with Crippen molar-refractivity contribution in [3.63, 3.8) is 0 Å². The molecule has 1 saturated heterocycles. The first-order valence-corrected chi connectivity index (χ1v) is 22.0. The number of fused-ring (bicyclic) bond motifs is 3. The molecule has 13 nitrogen and oxygen atoms in total. The molecule has 0 radical (unpaired) electrons. The van der Waals surface area contributed by atoms with Crippen LogP contribution in [0, 0.1) is 16.0 Å². The Labute approximate surface area is 325 Å². The fourth-order valence-corrected chi connectivity index (χ4v) is 11.7. The van der Waals surface area contributed by atoms with Crippen LogP contribution in [0.2, 0.25) is 18.6 Å². The Morgan fingerprint density at radius 2 is 1.71 bits per heavy atom. The predicted molar refractivity (Wildman–Crippen MR) is 212 cm³/mol. The molecule has 1 unspecified atom stereocenters. The van der Waals surface area contributed by atoms with Crippen molar-refractivity contribution < 1.29 is 29.2 Å². The van der Waals surface area contributed by atoms with E-state index in [0.29, 0.717) is 42.8 Å². The Morgan fingerprint density at radius 3 is 2.43 bits per heavy atom. The van der Waals surface area contributed by atoms with Gasteiger partial charge in [-0.1, -0.05) is 72.8 Å². The van der Waals surface area contributed by atoms with E-state index in [4.69, 9.17) is 4.74 Å². The summed E-state index contributed by atoms with van der Waals surface area (Å²) in [5.41, 5.74) is 3.84. The highest BCUT2D eigenvalue weighted by molar-refractivity contribution is 6.71. The van der Waals surface area contributed by atoms with Gasteiger partial charge in [-0.25, -0.2) is 0 Å². The first kappa shape index (κ1) is 37.4. The number of non-ortho nitro benzene ring substituents is 1. The lowest BCUT2D eigenvalue weighted by molar-refractivity contribution is -0.385. The van der Waals surface area contributed by atoms with Gasteiger partial charge in [0.05, 0.1) is 47.2 Å². The third-order valence-corrected chi connectivity index (χ3v) is 14.2. The van der Waals surface area contributed by atoms with Crippen molar-refractivity contribution in [1.82, 2.24) is 15.0 Å². The first-order chi connectivity index (χ1) is 26.9. The number of hydrogen-bond donors (Lipinski definition) is 2. The number of aromatic nitrogens is 3. The Kier molecular flexibility index (Phi) is 9.69. The lowest BCUT2D eigenvalue weighted by Gasteiger charge is -2.32. The van der Waals surface area contributed by atoms with Crippen molar-refractivity contribution in [3.8, 4) is 0 Å². The summed E-state index contributed by atoms with van der Waals surface area (Å²) in [4.78, 5) is 54.8. The molecule has 3 aliphatic rings. The molecule has 8 rings (SSSR count). The predicted octanol–water partition coefficient (Wildman–Crippen LogP) is 6.36. The summed E-state index contributed by atoms with van der Waals surface area (Å²) in [6.07, 6.45) is 2.72. The van der Waals surface area contributed by atoms with E-state index in [1.54, 1.807) is 26.7 Å². The molecule has 1 fully saturated rings. The molecule has 56 heavy (non-hydrogen) atoms. The average molecular weight is 773 g/mol. The van der Waals surface area contributed by atoms with Crippen LogP contribution in [-0.4, -0.2) is 62.7 Å². The number of amides is 2. The summed E-state index contributed by atoms with van der Waals surface area (Å²) < 4.78 is 8.61. The van der Waals surface area contributed by atoms with Gasteiger partial charge in [0.1, 0.15) is 0 Å². The van der Waals surface area contributed by atoms with Gasteiger partial charge in [0.2, 0.25) is 5.91 Å². The quantitative estimate of drug-likeness (QED) is 0.0884. The molecule has 1 spiro atoms. The molecule has 2 N–H and O–H groups in total. The maximum atomic E-state index is 15.0. The van der Waals surface area contributed by atoms with Crippen molar-refractivity contribution in [2.24, 2.45) is 5.92 Å². The molecule has 0 saturated carbocycles. The van der Waals surface area contributed by atoms with E-state index in [1.807, 2.05) is 98.9 Å². The van der Waals surface area contributed by atoms with Crippen LogP contribution in [0.1, 0.15) is 53.6 Å². The molecule has 2 amide bonds. The molecular formula is C42H44N6O7Si. The summed E-state index contributed by atoms with van der Waals surface area (Å²) in [5, 5.41) is 31.0. The first-order valence-electron chi connectivity index (χ1n) is 19.0. The van der Waals surface area contributed by atoms with Gasteiger partial charge in [-0.3, -0.25) is 29.3 Å². The minimum atomic E-state index is -3.02. The minimum absolute atomic E-state index is 0.0151. The van der Waals surface area contributed by atoms with E-state index < -0.39 is 36.4 Å². The van der Waals surface area contributed by atoms with Crippen LogP contribution in [0.5, 0.6) is 0 Å². The smallest absolute Gasteiger partial charge is 0.269 e. The van der Waals surface area contributed by atoms with E-state index in [2.05, 4.69) is 10.3 Å². The van der Waals surface area contributed by atoms with Gasteiger partial charge < -0.3 is 19.5 Å². The van der Waals surface area contributed by atoms with Crippen LogP contribution in [0.15, 0.2) is 103 Å². The topological polar surface area (TPSA) is 164 Å². The summed E-state index contributed by atoms with van der Waals surface area (Å²) in [5.74, 6) is -1.19. The molecular weight excluding hydrogens is 729 g/mol. The van der Waals surface area contributed by atoms with Crippen molar-refractivity contribution in [1.29, 1.82) is 0 Å². The third kappa shape index (κ3) is 6.41. The van der Waals surface area contributed by atoms with Gasteiger partial charge in [0.15, 0.2) is 13.9 Å². The second-order valence-electron chi connectivity index (χ2n) is 15.6. The highest BCUT2D eigenvalue weighted by Gasteiger charge is 2.66. The van der Waals surface area contributed by atoms with Crippen LogP contribution in [0.3, 0.4) is 0 Å². The van der Waals surface area contributed by atoms with Crippen molar-refractivity contribution in [2.45, 2.75) is 75.5 Å². The number of aliphatic hydroxyl groups excluding tert-OH is 1. The maximum Gasteiger partial charge on any atom is 0.269 e. The number of aliphatic hydroxyl groups is 1. The Morgan fingerprint density at radius 1 is 0.982 bits per heavy atom. The molecule has 288 valence electrons. The van der Waals surface area contributed by atoms with Gasteiger partial charge >= 0.3 is 0 Å². The lowest BCUT2D eigenvalue weighted by atomic mass is 9.82. The molecule has 3 aliphatic heterocycles. The zero-order valence-electron chi connectivity index (χ0n) is 31.5. The largest absolute Gasteiger partial charge is 0.432 e. The van der Waals surface area contributed by atoms with Gasteiger partial charge in [-0.2, -0.15) is 0 Å². The van der Waals surface area contributed by atoms with E-state index in [-0.39, 0.29) is 36.6 Å². The summed E-state index contributed by atoms with van der Waals surface area (Å²) in [6, 6.07) is 29.4. The fourth-order valence-electron chi connectivity index (χ4n) is 9.15. The van der Waals surface area contributed by atoms with E-state index in [1.165, 1.54) is 12.1 Å². The number of carbonyl (C=O) groups excluding carboxylic acids is 2. The molecule has 1 aromatic heterocycles. The van der Waals surface area contributed by atoms with Gasteiger partial charge in [0.25, 0.3) is 11.6 Å². The number of nitrogens with zero attached hydrogens (tertiary/aromatic N) is 6. The highest BCUT2D eigenvalue weighted by atomic mass is 28.4. The van der Waals surface area contributed by atoms with Gasteiger partial charge in [0, 0.05) is 54.0 Å². The Bertz CT molecular complexity index is 2290. The molecule has 4 heterocycles. The number of hydrogen-bond acceptors (Lipinski definition) is 9. The molecule has 0 bridgehead atoms. The number of ether oxygens (including phenoxy) is 1. The molecule has 14 heteroatoms. The zero-order valence-corrected chi connectivity index (χ0v) is 32.5. The number of aryl methyl sites for hydroxylation is 2. The fraction of sp³-hybridized carbons (Fsp3) is 0.333. The van der Waals surface area contributed by atoms with Crippen molar-refractivity contribution in [2.75, 3.05) is 16.4 Å². The summed E-state index contributed by atoms with van der Waals surface area (Å²) in [7, 11) is -3.02. The number of benzene rings is 4. The molecule has 0 aliphatic carbocycles. The monoisotopic (exact) mass is 772 g/mol. The number of nitro groups is 1. The summed E-state index contributed by atoms with van der Waals surface area (Å²) >= 11 is 0. The van der Waals surface area contributed by atoms with Crippen LogP contribution >= 0.6 is 0 Å². The number of anilines is 3. The Hall–Kier alpha value is -5.54. The average Bonchev–Trinajstić information content (AvgIpc) is 3.85. The van der Waals surface area contributed by atoms with Crippen LogP contribution < -0.4 is 9.80 Å². The number of nitro benzene ring substituents is 1. The lowest BCUT2D eigenvalue weighted by Crippen LogP contribution is -2.46. The second-order valence-corrected chi connectivity index (χ2v) is 19.5. The molecule has 5 atom stereocenters. The van der Waals surface area contributed by atoms with Crippen LogP contribution in [0.4, 0.5) is 22.7 Å². The molecule has 5 aromatic rings. The van der Waals surface area contributed by atoms with E-state index in [9.17, 15) is 29.6 Å². The summed E-state index contributed by atoms with van der Waals surface area (Å²) in [6.45, 7) is 5.97. The second kappa shape index (κ2) is 14.5. The van der Waals surface area contributed by atoms with Gasteiger partial charge in [-0.15, -0.1) is 5.10 Å². The van der Waals surface area contributed by atoms with Crippen LogP contribution in [-0.2, 0) is 39.4 Å². The van der Waals surface area contributed by atoms with E-state index in [0.717, 1.165) is 28.1 Å². The number of carbonyl (C=O) groups is 2. The normalized spacial score (nSPS) is 22.4.